The van der Waals surface area contributed by atoms with Gasteiger partial charge in [-0.3, -0.25) is 0 Å². The fraction of sp³-hybridized carbons (Fsp3) is 0.538. The molecule has 1 aromatic carbocycles. The molecule has 0 unspecified atom stereocenters. The van der Waals surface area contributed by atoms with Crippen molar-refractivity contribution in [3.05, 3.63) is 28.0 Å². The van der Waals surface area contributed by atoms with Crippen molar-refractivity contribution >= 4 is 15.9 Å². The predicted molar refractivity (Wildman–Crippen MR) is 73.7 cm³/mol. The minimum Gasteiger partial charge on any atom is -0.495 e. The van der Waals surface area contributed by atoms with Crippen molar-refractivity contribution in [1.82, 2.24) is 10.2 Å². The van der Waals surface area contributed by atoms with Crippen LogP contribution < -0.4 is 10.1 Å². The van der Waals surface area contributed by atoms with Crippen molar-refractivity contribution in [2.24, 2.45) is 0 Å². The van der Waals surface area contributed by atoms with Crippen molar-refractivity contribution in [3.63, 3.8) is 0 Å². The van der Waals surface area contributed by atoms with E-state index in [0.29, 0.717) is 5.75 Å². The normalized spacial score (nSPS) is 16.8. The number of piperazine rings is 1. The van der Waals surface area contributed by atoms with Crippen LogP contribution in [0.4, 0.5) is 4.39 Å². The lowest BCUT2D eigenvalue weighted by molar-refractivity contribution is 0.243. The molecule has 0 saturated carbocycles. The van der Waals surface area contributed by atoms with Crippen LogP contribution in [0.25, 0.3) is 0 Å². The summed E-state index contributed by atoms with van der Waals surface area (Å²) in [6.45, 7) is 5.14. The third-order valence-corrected chi connectivity index (χ3v) is 4.11. The quantitative estimate of drug-likeness (QED) is 0.920. The Bertz CT molecular complexity index is 408. The topological polar surface area (TPSA) is 24.5 Å². The SMILES string of the molecule is COc1cc(F)cc(CCN2CCNCC2)c1Br. The first-order valence-electron chi connectivity index (χ1n) is 6.15. The highest BCUT2D eigenvalue weighted by molar-refractivity contribution is 9.10. The van der Waals surface area contributed by atoms with Gasteiger partial charge >= 0.3 is 0 Å². The largest absolute Gasteiger partial charge is 0.495 e. The van der Waals surface area contributed by atoms with Crippen molar-refractivity contribution in [2.45, 2.75) is 6.42 Å². The number of hydrogen-bond acceptors (Lipinski definition) is 3. The molecule has 1 fully saturated rings. The number of nitrogens with one attached hydrogen (secondary N) is 1. The second kappa shape index (κ2) is 6.50. The number of hydrogen-bond donors (Lipinski definition) is 1. The standard InChI is InChI=1S/C13H18BrFN2O/c1-18-12-9-11(15)8-10(13(12)14)2-5-17-6-3-16-4-7-17/h8-9,16H,2-7H2,1H3. The predicted octanol–water partition coefficient (Wildman–Crippen LogP) is 2.04. The minimum absolute atomic E-state index is 0.245. The highest BCUT2D eigenvalue weighted by atomic mass is 79.9. The fourth-order valence-corrected chi connectivity index (χ4v) is 2.75. The number of methoxy groups -OCH3 is 1. The summed E-state index contributed by atoms with van der Waals surface area (Å²) < 4.78 is 19.4. The van der Waals surface area contributed by atoms with Crippen LogP contribution in [0.1, 0.15) is 5.56 Å². The molecule has 0 aliphatic carbocycles. The fourth-order valence-electron chi connectivity index (χ4n) is 2.16. The van der Waals surface area contributed by atoms with Crippen LogP contribution in [0.15, 0.2) is 16.6 Å². The van der Waals surface area contributed by atoms with Crippen LogP contribution in [-0.4, -0.2) is 44.7 Å². The van der Waals surface area contributed by atoms with Gasteiger partial charge in [-0.1, -0.05) is 0 Å². The Balaban J connectivity index is 2.01. The van der Waals surface area contributed by atoms with Crippen molar-refractivity contribution < 1.29 is 9.13 Å². The maximum atomic E-state index is 13.4. The lowest BCUT2D eigenvalue weighted by Crippen LogP contribution is -2.44. The van der Waals surface area contributed by atoms with E-state index in [1.165, 1.54) is 6.07 Å². The van der Waals surface area contributed by atoms with Gasteiger partial charge in [0.1, 0.15) is 11.6 Å². The van der Waals surface area contributed by atoms with Gasteiger partial charge in [0.25, 0.3) is 0 Å². The molecule has 100 valence electrons. The Morgan fingerprint density at radius 2 is 2.11 bits per heavy atom. The van der Waals surface area contributed by atoms with E-state index >= 15 is 0 Å². The Morgan fingerprint density at radius 1 is 1.39 bits per heavy atom. The van der Waals surface area contributed by atoms with Crippen LogP contribution >= 0.6 is 15.9 Å². The first kappa shape index (κ1) is 13.8. The van der Waals surface area contributed by atoms with E-state index in [0.717, 1.165) is 49.2 Å². The number of benzene rings is 1. The Kier molecular flexibility index (Phi) is 4.97. The Morgan fingerprint density at radius 3 is 2.78 bits per heavy atom. The first-order valence-corrected chi connectivity index (χ1v) is 6.95. The van der Waals surface area contributed by atoms with Crippen LogP contribution in [0.5, 0.6) is 5.75 Å². The van der Waals surface area contributed by atoms with Gasteiger partial charge in [0.05, 0.1) is 11.6 Å². The maximum absolute atomic E-state index is 13.4. The van der Waals surface area contributed by atoms with Gasteiger partial charge < -0.3 is 15.0 Å². The zero-order chi connectivity index (χ0) is 13.0. The van der Waals surface area contributed by atoms with Gasteiger partial charge in [0.2, 0.25) is 0 Å². The first-order chi connectivity index (χ1) is 8.70. The van der Waals surface area contributed by atoms with Crippen LogP contribution in [0.3, 0.4) is 0 Å². The summed E-state index contributed by atoms with van der Waals surface area (Å²) >= 11 is 3.48. The number of rotatable bonds is 4. The molecule has 1 N–H and O–H groups in total. The van der Waals surface area contributed by atoms with Gasteiger partial charge in [-0.15, -0.1) is 0 Å². The van der Waals surface area contributed by atoms with E-state index in [9.17, 15) is 4.39 Å². The van der Waals surface area contributed by atoms with Gasteiger partial charge in [-0.25, -0.2) is 4.39 Å². The molecule has 0 amide bonds. The van der Waals surface area contributed by atoms with E-state index in [1.54, 1.807) is 13.2 Å². The molecule has 0 bridgehead atoms. The number of halogens is 2. The molecule has 1 aliphatic heterocycles. The highest BCUT2D eigenvalue weighted by Gasteiger charge is 2.13. The summed E-state index contributed by atoms with van der Waals surface area (Å²) in [7, 11) is 1.56. The van der Waals surface area contributed by atoms with Crippen LogP contribution in [0, 0.1) is 5.82 Å². The van der Waals surface area contributed by atoms with E-state index in [1.807, 2.05) is 0 Å². The average Bonchev–Trinajstić information content (AvgIpc) is 2.40. The van der Waals surface area contributed by atoms with E-state index in [4.69, 9.17) is 4.74 Å². The second-order valence-electron chi connectivity index (χ2n) is 4.42. The molecule has 1 aromatic rings. The van der Waals surface area contributed by atoms with Crippen LogP contribution in [0.2, 0.25) is 0 Å². The van der Waals surface area contributed by atoms with Crippen molar-refractivity contribution in [2.75, 3.05) is 39.8 Å². The molecule has 2 rings (SSSR count). The number of ether oxygens (including phenoxy) is 1. The molecule has 18 heavy (non-hydrogen) atoms. The van der Waals surface area contributed by atoms with Gasteiger partial charge in [-0.2, -0.15) is 0 Å². The molecule has 5 heteroatoms. The summed E-state index contributed by atoms with van der Waals surface area (Å²) in [6.07, 6.45) is 0.828. The molecule has 3 nitrogen and oxygen atoms in total. The Hall–Kier alpha value is -0.650. The van der Waals surface area contributed by atoms with Crippen molar-refractivity contribution in [1.29, 1.82) is 0 Å². The highest BCUT2D eigenvalue weighted by Crippen LogP contribution is 2.30. The van der Waals surface area contributed by atoms with Crippen molar-refractivity contribution in [3.8, 4) is 5.75 Å². The summed E-state index contributed by atoms with van der Waals surface area (Å²) in [5, 5.41) is 3.32. The molecule has 0 radical (unpaired) electrons. The monoisotopic (exact) mass is 316 g/mol. The molecule has 1 saturated heterocycles. The van der Waals surface area contributed by atoms with Crippen LogP contribution in [-0.2, 0) is 6.42 Å². The van der Waals surface area contributed by atoms with Gasteiger partial charge in [-0.05, 0) is 34.0 Å². The summed E-state index contributed by atoms with van der Waals surface area (Å²) in [4.78, 5) is 2.39. The zero-order valence-electron chi connectivity index (χ0n) is 10.5. The molecular weight excluding hydrogens is 299 g/mol. The van der Waals surface area contributed by atoms with E-state index < -0.39 is 0 Å². The molecule has 0 spiro atoms. The Labute approximate surface area is 115 Å². The lowest BCUT2D eigenvalue weighted by atomic mass is 10.1. The minimum atomic E-state index is -0.245. The summed E-state index contributed by atoms with van der Waals surface area (Å²) in [5.41, 5.74) is 0.963. The lowest BCUT2D eigenvalue weighted by Gasteiger charge is -2.27. The summed E-state index contributed by atoms with van der Waals surface area (Å²) in [5.74, 6) is 0.315. The van der Waals surface area contributed by atoms with Gasteiger partial charge in [0, 0.05) is 38.8 Å². The summed E-state index contributed by atoms with van der Waals surface area (Å²) in [6, 6.07) is 2.98. The molecule has 0 aromatic heterocycles. The maximum Gasteiger partial charge on any atom is 0.136 e. The molecule has 1 aliphatic rings. The molecule has 0 atom stereocenters. The molecular formula is C13H18BrFN2O. The van der Waals surface area contributed by atoms with E-state index in [-0.39, 0.29) is 5.82 Å². The second-order valence-corrected chi connectivity index (χ2v) is 5.22. The zero-order valence-corrected chi connectivity index (χ0v) is 12.1. The molecule has 1 heterocycles. The third kappa shape index (κ3) is 3.43. The number of nitrogens with zero attached hydrogens (tertiary/aromatic N) is 1. The van der Waals surface area contributed by atoms with E-state index in [2.05, 4.69) is 26.1 Å². The third-order valence-electron chi connectivity index (χ3n) is 3.21. The average molecular weight is 317 g/mol. The van der Waals surface area contributed by atoms with Gasteiger partial charge in [0.15, 0.2) is 0 Å². The smallest absolute Gasteiger partial charge is 0.136 e.